The molecule has 102 valence electrons. The van der Waals surface area contributed by atoms with Gasteiger partial charge in [-0.1, -0.05) is 23.7 Å². The van der Waals surface area contributed by atoms with Crippen molar-refractivity contribution >= 4 is 23.5 Å². The molecular weight excluding hydrogens is 266 g/mol. The normalized spacial score (nSPS) is 19.2. The van der Waals surface area contributed by atoms with Crippen LogP contribution in [0.5, 0.6) is 0 Å². The van der Waals surface area contributed by atoms with E-state index in [1.807, 2.05) is 6.07 Å². The van der Waals surface area contributed by atoms with E-state index in [1.54, 1.807) is 18.2 Å². The van der Waals surface area contributed by atoms with Crippen molar-refractivity contribution in [3.63, 3.8) is 0 Å². The first-order chi connectivity index (χ1) is 9.08. The van der Waals surface area contributed by atoms with Crippen LogP contribution in [-0.4, -0.2) is 34.5 Å². The summed E-state index contributed by atoms with van der Waals surface area (Å²) in [6, 6.07) is 6.41. The van der Waals surface area contributed by atoms with Crippen LogP contribution in [0.15, 0.2) is 24.3 Å². The minimum absolute atomic E-state index is 0.144. The van der Waals surface area contributed by atoms with Crippen LogP contribution < -0.4 is 0 Å². The van der Waals surface area contributed by atoms with Gasteiger partial charge in [0.15, 0.2) is 0 Å². The number of nitrogens with zero attached hydrogens (tertiary/aromatic N) is 1. The maximum absolute atomic E-state index is 12.2. The van der Waals surface area contributed by atoms with Crippen molar-refractivity contribution in [1.29, 1.82) is 0 Å². The van der Waals surface area contributed by atoms with E-state index in [1.165, 1.54) is 4.90 Å². The molecule has 0 unspecified atom stereocenters. The number of carbonyl (C=O) groups is 2. The number of rotatable bonds is 3. The summed E-state index contributed by atoms with van der Waals surface area (Å²) >= 11 is 5.87. The number of halogens is 1. The Labute approximate surface area is 117 Å². The average molecular weight is 282 g/mol. The van der Waals surface area contributed by atoms with Crippen LogP contribution in [-0.2, 0) is 16.0 Å². The van der Waals surface area contributed by atoms with Gasteiger partial charge in [0.1, 0.15) is 6.04 Å². The van der Waals surface area contributed by atoms with Crippen molar-refractivity contribution in [2.45, 2.75) is 31.7 Å². The fourth-order valence-corrected chi connectivity index (χ4v) is 2.62. The molecule has 0 radical (unpaired) electrons. The Bertz CT molecular complexity index is 489. The van der Waals surface area contributed by atoms with Gasteiger partial charge in [0.2, 0.25) is 5.91 Å². The van der Waals surface area contributed by atoms with Crippen LogP contribution in [0.2, 0.25) is 5.02 Å². The molecule has 4 nitrogen and oxygen atoms in total. The highest BCUT2D eigenvalue weighted by molar-refractivity contribution is 6.30. The highest BCUT2D eigenvalue weighted by Gasteiger charge is 2.31. The third kappa shape index (κ3) is 3.47. The average Bonchev–Trinajstić information content (AvgIpc) is 2.38. The molecule has 0 bridgehead atoms. The van der Waals surface area contributed by atoms with Gasteiger partial charge in [-0.3, -0.25) is 4.79 Å². The topological polar surface area (TPSA) is 57.6 Å². The first kappa shape index (κ1) is 13.9. The van der Waals surface area contributed by atoms with Gasteiger partial charge in [-0.05, 0) is 37.0 Å². The zero-order valence-electron chi connectivity index (χ0n) is 10.5. The van der Waals surface area contributed by atoms with E-state index in [2.05, 4.69) is 0 Å². The van der Waals surface area contributed by atoms with Gasteiger partial charge in [0.25, 0.3) is 0 Å². The van der Waals surface area contributed by atoms with E-state index in [-0.39, 0.29) is 12.3 Å². The van der Waals surface area contributed by atoms with Gasteiger partial charge >= 0.3 is 5.97 Å². The van der Waals surface area contributed by atoms with E-state index < -0.39 is 12.0 Å². The highest BCUT2D eigenvalue weighted by Crippen LogP contribution is 2.19. The maximum atomic E-state index is 12.2. The molecule has 0 aliphatic carbocycles. The number of carbonyl (C=O) groups excluding carboxylic acids is 1. The van der Waals surface area contributed by atoms with Crippen LogP contribution in [0.1, 0.15) is 24.8 Å². The smallest absolute Gasteiger partial charge is 0.326 e. The first-order valence-electron chi connectivity index (χ1n) is 6.34. The molecule has 1 aromatic rings. The zero-order chi connectivity index (χ0) is 13.8. The number of hydrogen-bond donors (Lipinski definition) is 1. The third-order valence-corrected chi connectivity index (χ3v) is 3.59. The molecule has 1 aliphatic heterocycles. The molecule has 19 heavy (non-hydrogen) atoms. The van der Waals surface area contributed by atoms with E-state index in [0.29, 0.717) is 18.0 Å². The molecule has 1 saturated heterocycles. The number of carboxylic acid groups (broad SMARTS) is 1. The summed E-state index contributed by atoms with van der Waals surface area (Å²) in [5.41, 5.74) is 0.812. The summed E-state index contributed by atoms with van der Waals surface area (Å²) in [7, 11) is 0. The summed E-state index contributed by atoms with van der Waals surface area (Å²) < 4.78 is 0. The Morgan fingerprint density at radius 1 is 1.37 bits per heavy atom. The van der Waals surface area contributed by atoms with Crippen molar-refractivity contribution in [1.82, 2.24) is 4.90 Å². The molecule has 1 atom stereocenters. The van der Waals surface area contributed by atoms with Crippen molar-refractivity contribution in [3.05, 3.63) is 34.9 Å². The molecule has 1 amide bonds. The Hall–Kier alpha value is -1.55. The minimum atomic E-state index is -0.917. The van der Waals surface area contributed by atoms with E-state index in [9.17, 15) is 9.59 Å². The fourth-order valence-electron chi connectivity index (χ4n) is 2.41. The Morgan fingerprint density at radius 2 is 2.16 bits per heavy atom. The molecule has 1 heterocycles. The fraction of sp³-hybridized carbons (Fsp3) is 0.429. The maximum Gasteiger partial charge on any atom is 0.326 e. The van der Waals surface area contributed by atoms with Gasteiger partial charge in [0, 0.05) is 11.6 Å². The summed E-state index contributed by atoms with van der Waals surface area (Å²) in [5, 5.41) is 9.73. The summed E-state index contributed by atoms with van der Waals surface area (Å²) in [5.74, 6) is -1.06. The second-order valence-electron chi connectivity index (χ2n) is 4.74. The molecule has 0 saturated carbocycles. The second-order valence-corrected chi connectivity index (χ2v) is 5.18. The number of piperidine rings is 1. The van der Waals surface area contributed by atoms with Crippen molar-refractivity contribution in [3.8, 4) is 0 Å². The number of amides is 1. The monoisotopic (exact) mass is 281 g/mol. The molecule has 0 spiro atoms. The summed E-state index contributed by atoms with van der Waals surface area (Å²) in [6.45, 7) is 0.524. The lowest BCUT2D eigenvalue weighted by Gasteiger charge is -2.33. The van der Waals surface area contributed by atoms with E-state index >= 15 is 0 Å². The van der Waals surface area contributed by atoms with Crippen LogP contribution in [0.4, 0.5) is 0 Å². The highest BCUT2D eigenvalue weighted by atomic mass is 35.5. The standard InChI is InChI=1S/C14H16ClNO3/c15-11-5-3-4-10(8-11)9-13(17)16-7-2-1-6-12(16)14(18)19/h3-5,8,12H,1-2,6-7,9H2,(H,18,19)/t12-/m0/s1. The molecule has 1 N–H and O–H groups in total. The van der Waals surface area contributed by atoms with Crippen LogP contribution in [0.3, 0.4) is 0 Å². The Kier molecular flexibility index (Phi) is 4.43. The zero-order valence-corrected chi connectivity index (χ0v) is 11.3. The molecular formula is C14H16ClNO3. The molecule has 5 heteroatoms. The van der Waals surface area contributed by atoms with Crippen LogP contribution >= 0.6 is 11.6 Å². The molecule has 1 fully saturated rings. The van der Waals surface area contributed by atoms with Crippen molar-refractivity contribution in [2.24, 2.45) is 0 Å². The Morgan fingerprint density at radius 3 is 2.84 bits per heavy atom. The third-order valence-electron chi connectivity index (χ3n) is 3.35. The predicted octanol–water partition coefficient (Wildman–Crippen LogP) is 2.35. The minimum Gasteiger partial charge on any atom is -0.480 e. The lowest BCUT2D eigenvalue weighted by Crippen LogP contribution is -2.48. The number of likely N-dealkylation sites (tertiary alicyclic amines) is 1. The van der Waals surface area contributed by atoms with Crippen molar-refractivity contribution in [2.75, 3.05) is 6.54 Å². The number of hydrogen-bond acceptors (Lipinski definition) is 2. The lowest BCUT2D eigenvalue weighted by molar-refractivity contribution is -0.151. The summed E-state index contributed by atoms with van der Waals surface area (Å²) in [4.78, 5) is 24.9. The van der Waals surface area contributed by atoms with E-state index in [0.717, 1.165) is 18.4 Å². The largest absolute Gasteiger partial charge is 0.480 e. The number of carboxylic acids is 1. The molecule has 0 aromatic heterocycles. The van der Waals surface area contributed by atoms with Gasteiger partial charge < -0.3 is 10.0 Å². The van der Waals surface area contributed by atoms with Gasteiger partial charge in [0.05, 0.1) is 6.42 Å². The second kappa shape index (κ2) is 6.06. The first-order valence-corrected chi connectivity index (χ1v) is 6.72. The van der Waals surface area contributed by atoms with Crippen LogP contribution in [0, 0.1) is 0 Å². The SMILES string of the molecule is O=C(O)[C@@H]1CCCCN1C(=O)Cc1cccc(Cl)c1. The van der Waals surface area contributed by atoms with Crippen molar-refractivity contribution < 1.29 is 14.7 Å². The van der Waals surface area contributed by atoms with Gasteiger partial charge in [-0.25, -0.2) is 4.79 Å². The van der Waals surface area contributed by atoms with Gasteiger partial charge in [-0.15, -0.1) is 0 Å². The predicted molar refractivity (Wildman–Crippen MR) is 72.1 cm³/mol. The molecule has 1 aliphatic rings. The summed E-state index contributed by atoms with van der Waals surface area (Å²) in [6.07, 6.45) is 2.46. The van der Waals surface area contributed by atoms with Crippen LogP contribution in [0.25, 0.3) is 0 Å². The molecule has 2 rings (SSSR count). The van der Waals surface area contributed by atoms with E-state index in [4.69, 9.17) is 16.7 Å². The van der Waals surface area contributed by atoms with Gasteiger partial charge in [-0.2, -0.15) is 0 Å². The molecule has 1 aromatic carbocycles. The lowest BCUT2D eigenvalue weighted by atomic mass is 10.0. The number of aliphatic carboxylic acids is 1. The quantitative estimate of drug-likeness (QED) is 0.925. The number of benzene rings is 1. The Balaban J connectivity index is 2.07.